The molecule has 0 spiro atoms. The van der Waals surface area contributed by atoms with Crippen LogP contribution in [0.2, 0.25) is 0 Å². The van der Waals surface area contributed by atoms with Crippen molar-refractivity contribution in [1.82, 2.24) is 10.2 Å². The molecule has 2 saturated heterocycles. The summed E-state index contributed by atoms with van der Waals surface area (Å²) in [5.41, 5.74) is 0. The molecule has 3 atom stereocenters. The molecule has 2 amide bonds. The molecule has 0 aromatic rings. The van der Waals surface area contributed by atoms with E-state index in [-0.39, 0.29) is 30.4 Å². The first kappa shape index (κ1) is 10.9. The van der Waals surface area contributed by atoms with Gasteiger partial charge in [-0.3, -0.25) is 14.4 Å². The van der Waals surface area contributed by atoms with Crippen LogP contribution < -0.4 is 5.32 Å². The normalized spacial score (nSPS) is 33.4. The molecule has 6 nitrogen and oxygen atoms in total. The van der Waals surface area contributed by atoms with Gasteiger partial charge in [0.15, 0.2) is 0 Å². The van der Waals surface area contributed by atoms with E-state index in [9.17, 15) is 14.4 Å². The summed E-state index contributed by atoms with van der Waals surface area (Å²) in [4.78, 5) is 36.0. The Kier molecular flexibility index (Phi) is 2.57. The van der Waals surface area contributed by atoms with Gasteiger partial charge in [-0.25, -0.2) is 0 Å². The molecule has 2 aliphatic heterocycles. The Morgan fingerprint density at radius 1 is 1.50 bits per heavy atom. The Bertz CT molecular complexity index is 355. The van der Waals surface area contributed by atoms with Gasteiger partial charge in [0, 0.05) is 6.04 Å². The Hall–Kier alpha value is -1.59. The van der Waals surface area contributed by atoms with Gasteiger partial charge >= 0.3 is 5.97 Å². The van der Waals surface area contributed by atoms with Crippen LogP contribution in [0.3, 0.4) is 0 Å². The summed E-state index contributed by atoms with van der Waals surface area (Å²) in [7, 11) is 1.26. The first-order chi connectivity index (χ1) is 7.54. The summed E-state index contributed by atoms with van der Waals surface area (Å²) in [5.74, 6) is -1.73. The molecule has 88 valence electrons. The molecule has 0 aromatic carbocycles. The second-order valence-electron chi connectivity index (χ2n) is 4.20. The molecule has 2 heterocycles. The van der Waals surface area contributed by atoms with E-state index in [1.807, 2.05) is 6.92 Å². The molecule has 16 heavy (non-hydrogen) atoms. The topological polar surface area (TPSA) is 75.7 Å². The van der Waals surface area contributed by atoms with Crippen molar-refractivity contribution in [2.75, 3.05) is 13.7 Å². The zero-order valence-electron chi connectivity index (χ0n) is 9.23. The third kappa shape index (κ3) is 1.54. The van der Waals surface area contributed by atoms with Gasteiger partial charge in [-0.1, -0.05) is 0 Å². The van der Waals surface area contributed by atoms with Crippen molar-refractivity contribution in [3.63, 3.8) is 0 Å². The van der Waals surface area contributed by atoms with E-state index in [1.165, 1.54) is 12.0 Å². The molecule has 0 saturated carbocycles. The van der Waals surface area contributed by atoms with Crippen molar-refractivity contribution in [3.05, 3.63) is 0 Å². The number of amides is 2. The van der Waals surface area contributed by atoms with Crippen molar-refractivity contribution in [2.45, 2.75) is 25.4 Å². The average Bonchev–Trinajstić information content (AvgIpc) is 2.56. The number of methoxy groups -OCH3 is 1. The number of nitrogens with one attached hydrogen (secondary N) is 1. The van der Waals surface area contributed by atoms with Crippen LogP contribution in [-0.2, 0) is 19.1 Å². The van der Waals surface area contributed by atoms with Crippen LogP contribution >= 0.6 is 0 Å². The summed E-state index contributed by atoms with van der Waals surface area (Å²) >= 11 is 0. The van der Waals surface area contributed by atoms with Gasteiger partial charge in [0.2, 0.25) is 11.8 Å². The number of carbonyl (C=O) groups excluding carboxylic acids is 3. The van der Waals surface area contributed by atoms with Crippen LogP contribution in [0.5, 0.6) is 0 Å². The highest BCUT2D eigenvalue weighted by Crippen LogP contribution is 2.29. The van der Waals surface area contributed by atoms with Crippen molar-refractivity contribution < 1.29 is 19.1 Å². The van der Waals surface area contributed by atoms with Crippen LogP contribution in [0.25, 0.3) is 0 Å². The first-order valence-corrected chi connectivity index (χ1v) is 5.22. The maximum absolute atomic E-state index is 11.9. The second kappa shape index (κ2) is 3.77. The number of fused-ring (bicyclic) bond motifs is 1. The number of hydrogen-bond acceptors (Lipinski definition) is 4. The average molecular weight is 226 g/mol. The molecule has 2 fully saturated rings. The van der Waals surface area contributed by atoms with Crippen LogP contribution in [-0.4, -0.2) is 48.4 Å². The summed E-state index contributed by atoms with van der Waals surface area (Å²) in [6.45, 7) is 1.88. The minimum absolute atomic E-state index is 0.0430. The third-order valence-corrected chi connectivity index (χ3v) is 3.22. The van der Waals surface area contributed by atoms with E-state index in [1.54, 1.807) is 0 Å². The van der Waals surface area contributed by atoms with Crippen molar-refractivity contribution in [3.8, 4) is 0 Å². The smallest absolute Gasteiger partial charge is 0.318 e. The SMILES string of the molecule is COC(=O)C1C[C@@H]2[C@H](C)NC(=O)CN2C1=O. The highest BCUT2D eigenvalue weighted by molar-refractivity contribution is 6.01. The standard InChI is InChI=1S/C10H14N2O4/c1-5-7-3-6(10(15)16-2)9(14)12(7)4-8(13)11-5/h5-7H,3-4H2,1-2H3,(H,11,13)/t5-,6?,7+/m0/s1. The number of hydrogen-bond donors (Lipinski definition) is 1. The number of rotatable bonds is 1. The maximum Gasteiger partial charge on any atom is 0.318 e. The highest BCUT2D eigenvalue weighted by atomic mass is 16.5. The molecule has 0 aromatic heterocycles. The quantitative estimate of drug-likeness (QED) is 0.454. The zero-order valence-corrected chi connectivity index (χ0v) is 9.23. The van der Waals surface area contributed by atoms with Crippen molar-refractivity contribution in [1.29, 1.82) is 0 Å². The lowest BCUT2D eigenvalue weighted by atomic mass is 10.0. The van der Waals surface area contributed by atoms with Gasteiger partial charge in [0.05, 0.1) is 19.7 Å². The van der Waals surface area contributed by atoms with E-state index in [0.29, 0.717) is 6.42 Å². The van der Waals surface area contributed by atoms with E-state index in [4.69, 9.17) is 0 Å². The van der Waals surface area contributed by atoms with Crippen LogP contribution in [0.4, 0.5) is 0 Å². The molecule has 2 rings (SSSR count). The van der Waals surface area contributed by atoms with Crippen molar-refractivity contribution >= 4 is 17.8 Å². The molecule has 6 heteroatoms. The van der Waals surface area contributed by atoms with Gasteiger partial charge in [0.25, 0.3) is 0 Å². The van der Waals surface area contributed by atoms with Gasteiger partial charge in [-0.2, -0.15) is 0 Å². The zero-order chi connectivity index (χ0) is 11.9. The molecule has 0 aliphatic carbocycles. The lowest BCUT2D eigenvalue weighted by Crippen LogP contribution is -2.57. The Morgan fingerprint density at radius 2 is 2.19 bits per heavy atom. The number of ether oxygens (including phenoxy) is 1. The fourth-order valence-electron chi connectivity index (χ4n) is 2.39. The fraction of sp³-hybridized carbons (Fsp3) is 0.700. The van der Waals surface area contributed by atoms with E-state index < -0.39 is 11.9 Å². The molecular formula is C10H14N2O4. The Balaban J connectivity index is 2.19. The predicted octanol–water partition coefficient (Wildman–Crippen LogP) is -1.11. The van der Waals surface area contributed by atoms with Gasteiger partial charge in [-0.15, -0.1) is 0 Å². The Labute approximate surface area is 92.9 Å². The molecule has 2 aliphatic rings. The third-order valence-electron chi connectivity index (χ3n) is 3.22. The largest absolute Gasteiger partial charge is 0.468 e. The maximum atomic E-state index is 11.9. The molecular weight excluding hydrogens is 212 g/mol. The van der Waals surface area contributed by atoms with Crippen LogP contribution in [0.15, 0.2) is 0 Å². The number of nitrogens with zero attached hydrogens (tertiary/aromatic N) is 1. The lowest BCUT2D eigenvalue weighted by molar-refractivity contribution is -0.151. The number of piperazine rings is 1. The summed E-state index contributed by atoms with van der Waals surface area (Å²) in [6.07, 6.45) is 0.424. The minimum Gasteiger partial charge on any atom is -0.468 e. The Morgan fingerprint density at radius 3 is 2.81 bits per heavy atom. The second-order valence-corrected chi connectivity index (χ2v) is 4.20. The number of esters is 1. The van der Waals surface area contributed by atoms with E-state index >= 15 is 0 Å². The van der Waals surface area contributed by atoms with Crippen LogP contribution in [0.1, 0.15) is 13.3 Å². The van der Waals surface area contributed by atoms with E-state index in [2.05, 4.69) is 10.1 Å². The van der Waals surface area contributed by atoms with Crippen LogP contribution in [0, 0.1) is 5.92 Å². The molecule has 1 unspecified atom stereocenters. The minimum atomic E-state index is -0.745. The highest BCUT2D eigenvalue weighted by Gasteiger charge is 2.48. The predicted molar refractivity (Wildman–Crippen MR) is 53.2 cm³/mol. The summed E-state index contributed by atoms with van der Waals surface area (Å²) in [5, 5.41) is 2.76. The van der Waals surface area contributed by atoms with Gasteiger partial charge < -0.3 is 15.0 Å². The number of carbonyl (C=O) groups is 3. The monoisotopic (exact) mass is 226 g/mol. The van der Waals surface area contributed by atoms with Gasteiger partial charge in [-0.05, 0) is 13.3 Å². The summed E-state index contributed by atoms with van der Waals surface area (Å²) in [6, 6.07) is -0.200. The van der Waals surface area contributed by atoms with E-state index in [0.717, 1.165) is 0 Å². The molecule has 1 N–H and O–H groups in total. The van der Waals surface area contributed by atoms with Crippen molar-refractivity contribution in [2.24, 2.45) is 5.92 Å². The van der Waals surface area contributed by atoms with Gasteiger partial charge in [0.1, 0.15) is 5.92 Å². The lowest BCUT2D eigenvalue weighted by Gasteiger charge is -2.34. The first-order valence-electron chi connectivity index (χ1n) is 5.22. The summed E-state index contributed by atoms with van der Waals surface area (Å²) < 4.78 is 4.58. The fourth-order valence-corrected chi connectivity index (χ4v) is 2.39. The molecule has 0 bridgehead atoms. The molecule has 0 radical (unpaired) electrons.